The minimum atomic E-state index is -6.03. The summed E-state index contributed by atoms with van der Waals surface area (Å²) < 4.78 is 178. The van der Waals surface area contributed by atoms with Gasteiger partial charge in [-0.05, 0) is 72.6 Å². The maximum atomic E-state index is 14.5. The van der Waals surface area contributed by atoms with Gasteiger partial charge in [-0.25, -0.2) is 0 Å². The molecule has 4 rings (SSSR count). The van der Waals surface area contributed by atoms with E-state index < -0.39 is 75.4 Å². The number of alkyl halides is 12. The van der Waals surface area contributed by atoms with Crippen LogP contribution in [0.25, 0.3) is 0 Å². The van der Waals surface area contributed by atoms with E-state index in [0.717, 1.165) is 24.3 Å². The van der Waals surface area contributed by atoms with E-state index in [4.69, 9.17) is 15.2 Å². The van der Waals surface area contributed by atoms with Gasteiger partial charge in [0.15, 0.2) is 0 Å². The van der Waals surface area contributed by atoms with Crippen molar-refractivity contribution in [3.8, 4) is 23.0 Å². The zero-order valence-corrected chi connectivity index (χ0v) is 22.5. The average Bonchev–Trinajstić information content (AvgIpc) is 2.90. The van der Waals surface area contributed by atoms with E-state index in [9.17, 15) is 52.7 Å². The predicted octanol–water partition coefficient (Wildman–Crippen LogP) is 10.6. The van der Waals surface area contributed by atoms with Crippen molar-refractivity contribution in [1.82, 2.24) is 0 Å². The Hall–Kier alpha value is -4.56. The third-order valence-corrected chi connectivity index (χ3v) is 6.63. The molecular formula is C30H19F12NO2. The highest BCUT2D eigenvalue weighted by Crippen LogP contribution is 2.56. The molecule has 2 N–H and O–H groups in total. The molecule has 15 heteroatoms. The van der Waals surface area contributed by atoms with Crippen LogP contribution < -0.4 is 15.2 Å². The fourth-order valence-electron chi connectivity index (χ4n) is 4.59. The van der Waals surface area contributed by atoms with E-state index >= 15 is 0 Å². The molecule has 0 amide bonds. The molecule has 0 saturated heterocycles. The second kappa shape index (κ2) is 11.4. The standard InChI is InChI=1S/C30H19F12NO2/c1-16-2-12-24(22(14-16)27(31,32)33)44-20-8-3-17(4-9-20)26(29(37,38)39,30(40,41)42)18-5-10-21(11-6-18)45-25-13-7-19(43)15-23(25)28(34,35)36/h2-15H,43H2,1H3. The topological polar surface area (TPSA) is 44.5 Å². The molecule has 3 nitrogen and oxygen atoms in total. The van der Waals surface area contributed by atoms with E-state index in [1.54, 1.807) is 0 Å². The molecule has 0 atom stereocenters. The van der Waals surface area contributed by atoms with Gasteiger partial charge in [-0.15, -0.1) is 0 Å². The fourth-order valence-corrected chi connectivity index (χ4v) is 4.59. The lowest BCUT2D eigenvalue weighted by Gasteiger charge is -2.38. The Bertz CT molecular complexity index is 1530. The van der Waals surface area contributed by atoms with Gasteiger partial charge in [-0.2, -0.15) is 52.7 Å². The largest absolute Gasteiger partial charge is 0.457 e. The molecule has 240 valence electrons. The van der Waals surface area contributed by atoms with Crippen molar-refractivity contribution in [3.63, 3.8) is 0 Å². The number of halogens is 12. The summed E-state index contributed by atoms with van der Waals surface area (Å²) >= 11 is 0. The molecule has 0 aliphatic rings. The first kappa shape index (κ1) is 33.3. The van der Waals surface area contributed by atoms with Crippen molar-refractivity contribution in [2.75, 3.05) is 5.73 Å². The van der Waals surface area contributed by atoms with Gasteiger partial charge >= 0.3 is 24.7 Å². The van der Waals surface area contributed by atoms with Crippen molar-refractivity contribution in [1.29, 1.82) is 0 Å². The highest BCUT2D eigenvalue weighted by Gasteiger charge is 2.72. The molecule has 4 aromatic carbocycles. The SMILES string of the molecule is Cc1ccc(Oc2ccc(C(c3ccc(Oc4ccc(N)cc4C(F)(F)F)cc3)(C(F)(F)F)C(F)(F)F)cc2)c(C(F)(F)F)c1. The third-order valence-electron chi connectivity index (χ3n) is 6.63. The third kappa shape index (κ3) is 6.61. The summed E-state index contributed by atoms with van der Waals surface area (Å²) in [5.41, 5.74) is -4.62. The Morgan fingerprint density at radius 1 is 0.489 bits per heavy atom. The zero-order chi connectivity index (χ0) is 33.6. The van der Waals surface area contributed by atoms with Crippen LogP contribution in [-0.2, 0) is 17.8 Å². The molecule has 0 aromatic heterocycles. The molecule has 4 aromatic rings. The number of nitrogen functional groups attached to an aromatic ring is 1. The molecule has 0 aliphatic carbocycles. The van der Waals surface area contributed by atoms with Crippen LogP contribution in [-0.4, -0.2) is 12.4 Å². The van der Waals surface area contributed by atoms with Crippen LogP contribution in [0.5, 0.6) is 23.0 Å². The van der Waals surface area contributed by atoms with E-state index in [-0.39, 0.29) is 11.3 Å². The lowest BCUT2D eigenvalue weighted by Crippen LogP contribution is -2.54. The van der Waals surface area contributed by atoms with E-state index in [0.29, 0.717) is 54.6 Å². The number of nitrogens with two attached hydrogens (primary N) is 1. The molecule has 0 radical (unpaired) electrons. The molecule has 0 bridgehead atoms. The first-order valence-corrected chi connectivity index (χ1v) is 12.5. The molecule has 0 fully saturated rings. The molecule has 0 unspecified atom stereocenters. The van der Waals surface area contributed by atoms with Crippen molar-refractivity contribution >= 4 is 5.69 Å². The smallest absolute Gasteiger partial charge is 0.420 e. The Labute approximate surface area is 246 Å². The summed E-state index contributed by atoms with van der Waals surface area (Å²) in [5.74, 6) is -2.54. The van der Waals surface area contributed by atoms with Crippen molar-refractivity contribution in [3.05, 3.63) is 113 Å². The summed E-state index contributed by atoms with van der Waals surface area (Å²) in [6.45, 7) is 1.37. The normalized spacial score (nSPS) is 13.1. The van der Waals surface area contributed by atoms with Crippen LogP contribution in [0.1, 0.15) is 27.8 Å². The van der Waals surface area contributed by atoms with E-state index in [1.807, 2.05) is 0 Å². The summed E-state index contributed by atoms with van der Waals surface area (Å²) in [7, 11) is 0. The lowest BCUT2D eigenvalue weighted by molar-refractivity contribution is -0.288. The van der Waals surface area contributed by atoms with E-state index in [2.05, 4.69) is 0 Å². The Morgan fingerprint density at radius 2 is 0.867 bits per heavy atom. The van der Waals surface area contributed by atoms with Crippen molar-refractivity contribution in [2.24, 2.45) is 0 Å². The highest BCUT2D eigenvalue weighted by molar-refractivity contribution is 5.52. The van der Waals surface area contributed by atoms with Crippen molar-refractivity contribution < 1.29 is 62.2 Å². The number of aryl methyl sites for hydroxylation is 1. The van der Waals surface area contributed by atoms with Crippen LogP contribution in [0.15, 0.2) is 84.9 Å². The van der Waals surface area contributed by atoms with Gasteiger partial charge in [0.25, 0.3) is 0 Å². The molecular weight excluding hydrogens is 634 g/mol. The van der Waals surface area contributed by atoms with Gasteiger partial charge < -0.3 is 15.2 Å². The Balaban J connectivity index is 1.75. The van der Waals surface area contributed by atoms with Crippen LogP contribution in [0.2, 0.25) is 0 Å². The van der Waals surface area contributed by atoms with Gasteiger partial charge in [-0.3, -0.25) is 0 Å². The minimum Gasteiger partial charge on any atom is -0.457 e. The van der Waals surface area contributed by atoms with Gasteiger partial charge in [0.2, 0.25) is 5.41 Å². The summed E-state index contributed by atoms with van der Waals surface area (Å²) in [6, 6.07) is 9.57. The van der Waals surface area contributed by atoms with Crippen LogP contribution >= 0.6 is 0 Å². The van der Waals surface area contributed by atoms with E-state index in [1.165, 1.54) is 13.0 Å². The number of hydrogen-bond donors (Lipinski definition) is 1. The zero-order valence-electron chi connectivity index (χ0n) is 22.5. The Morgan fingerprint density at radius 3 is 1.24 bits per heavy atom. The fraction of sp³-hybridized carbons (Fsp3) is 0.200. The molecule has 0 aliphatic heterocycles. The van der Waals surface area contributed by atoms with Gasteiger partial charge in [0.05, 0.1) is 5.56 Å². The quantitative estimate of drug-likeness (QED) is 0.166. The molecule has 0 heterocycles. The lowest BCUT2D eigenvalue weighted by atomic mass is 9.73. The number of hydrogen-bond acceptors (Lipinski definition) is 3. The molecule has 45 heavy (non-hydrogen) atoms. The number of ether oxygens (including phenoxy) is 2. The maximum Gasteiger partial charge on any atom is 0.420 e. The predicted molar refractivity (Wildman–Crippen MR) is 138 cm³/mol. The van der Waals surface area contributed by atoms with Gasteiger partial charge in [0.1, 0.15) is 28.6 Å². The monoisotopic (exact) mass is 653 g/mol. The number of anilines is 1. The highest BCUT2D eigenvalue weighted by atomic mass is 19.4. The molecule has 0 saturated carbocycles. The van der Waals surface area contributed by atoms with Crippen molar-refractivity contribution in [2.45, 2.75) is 37.0 Å². The maximum absolute atomic E-state index is 14.5. The number of benzene rings is 4. The minimum absolute atomic E-state index is 0.218. The summed E-state index contributed by atoms with van der Waals surface area (Å²) in [6.07, 6.45) is -21.9. The van der Waals surface area contributed by atoms with Crippen LogP contribution in [0.3, 0.4) is 0 Å². The molecule has 0 spiro atoms. The first-order chi connectivity index (χ1) is 20.6. The van der Waals surface area contributed by atoms with Crippen LogP contribution in [0, 0.1) is 6.92 Å². The Kier molecular flexibility index (Phi) is 8.46. The van der Waals surface area contributed by atoms with Gasteiger partial charge in [0, 0.05) is 5.69 Å². The average molecular weight is 653 g/mol. The first-order valence-electron chi connectivity index (χ1n) is 12.5. The summed E-state index contributed by atoms with van der Waals surface area (Å²) in [5, 5.41) is 0. The van der Waals surface area contributed by atoms with Gasteiger partial charge in [-0.1, -0.05) is 35.9 Å². The second-order valence-electron chi connectivity index (χ2n) is 9.75. The van der Waals surface area contributed by atoms with Crippen LogP contribution in [0.4, 0.5) is 58.4 Å². The summed E-state index contributed by atoms with van der Waals surface area (Å²) in [4.78, 5) is 0. The second-order valence-corrected chi connectivity index (χ2v) is 9.75. The number of rotatable bonds is 6.